The fraction of sp³-hybridized carbons (Fsp3) is 0.706. The van der Waals surface area contributed by atoms with Crippen LogP contribution in [0.3, 0.4) is 0 Å². The zero-order valence-corrected chi connectivity index (χ0v) is 14.5. The largest absolute Gasteiger partial charge is 0.464 e. The molecule has 2 atom stereocenters. The highest BCUT2D eigenvalue weighted by molar-refractivity contribution is 7.91. The summed E-state index contributed by atoms with van der Waals surface area (Å²) in [5, 5.41) is 0. The van der Waals surface area contributed by atoms with Gasteiger partial charge in [-0.3, -0.25) is 4.79 Å². The maximum atomic E-state index is 12.9. The molecule has 2 aliphatic rings. The third kappa shape index (κ3) is 3.62. The minimum atomic E-state index is -3.04. The number of amides is 1. The molecule has 2 fully saturated rings. The Balaban J connectivity index is 1.82. The smallest absolute Gasteiger partial charge is 0.227 e. The summed E-state index contributed by atoms with van der Waals surface area (Å²) in [4.78, 5) is 14.8. The van der Waals surface area contributed by atoms with Crippen molar-refractivity contribution in [2.45, 2.75) is 51.5 Å². The highest BCUT2D eigenvalue weighted by Crippen LogP contribution is 2.34. The second kappa shape index (κ2) is 6.67. The first-order chi connectivity index (χ1) is 11.0. The molecular weight excluding hydrogens is 314 g/mol. The normalized spacial score (nSPS) is 27.8. The lowest BCUT2D eigenvalue weighted by atomic mass is 10.0. The first kappa shape index (κ1) is 16.6. The molecule has 2 saturated heterocycles. The summed E-state index contributed by atoms with van der Waals surface area (Å²) in [6, 6.07) is 3.90. The highest BCUT2D eigenvalue weighted by Gasteiger charge is 2.38. The van der Waals surface area contributed by atoms with Crippen molar-refractivity contribution in [1.29, 1.82) is 0 Å². The van der Waals surface area contributed by atoms with E-state index in [1.165, 1.54) is 0 Å². The van der Waals surface area contributed by atoms with Crippen molar-refractivity contribution in [1.82, 2.24) is 4.90 Å². The summed E-state index contributed by atoms with van der Waals surface area (Å²) in [5.41, 5.74) is 0. The average Bonchev–Trinajstić information content (AvgIpc) is 3.06. The second-order valence-corrected chi connectivity index (χ2v) is 8.88. The summed E-state index contributed by atoms with van der Waals surface area (Å²) >= 11 is 0. The van der Waals surface area contributed by atoms with E-state index in [9.17, 15) is 13.2 Å². The van der Waals surface area contributed by atoms with Crippen LogP contribution in [0.1, 0.15) is 56.6 Å². The van der Waals surface area contributed by atoms with E-state index in [4.69, 9.17) is 4.42 Å². The van der Waals surface area contributed by atoms with Crippen LogP contribution in [0.5, 0.6) is 0 Å². The van der Waals surface area contributed by atoms with E-state index < -0.39 is 9.84 Å². The van der Waals surface area contributed by atoms with Gasteiger partial charge in [0, 0.05) is 13.0 Å². The van der Waals surface area contributed by atoms with Crippen LogP contribution >= 0.6 is 0 Å². The van der Waals surface area contributed by atoms with Gasteiger partial charge in [-0.15, -0.1) is 0 Å². The van der Waals surface area contributed by atoms with Crippen molar-refractivity contribution >= 4 is 15.7 Å². The molecule has 0 bridgehead atoms. The molecule has 0 aliphatic carbocycles. The summed E-state index contributed by atoms with van der Waals surface area (Å²) in [6.07, 6.45) is 5.33. The minimum Gasteiger partial charge on any atom is -0.464 e. The van der Waals surface area contributed by atoms with Crippen molar-refractivity contribution < 1.29 is 17.6 Å². The fourth-order valence-electron chi connectivity index (χ4n) is 3.66. The monoisotopic (exact) mass is 339 g/mol. The number of carbonyl (C=O) groups excluding carboxylic acids is 1. The zero-order valence-electron chi connectivity index (χ0n) is 13.7. The lowest BCUT2D eigenvalue weighted by molar-refractivity contribution is -0.137. The maximum absolute atomic E-state index is 12.9. The van der Waals surface area contributed by atoms with E-state index in [1.54, 1.807) is 0 Å². The van der Waals surface area contributed by atoms with E-state index in [-0.39, 0.29) is 29.4 Å². The number of nitrogens with zero attached hydrogens (tertiary/aromatic N) is 1. The number of sulfone groups is 1. The first-order valence-corrected chi connectivity index (χ1v) is 10.4. The van der Waals surface area contributed by atoms with Gasteiger partial charge in [-0.1, -0.05) is 19.8 Å². The molecular formula is C17H25NO4S. The van der Waals surface area contributed by atoms with E-state index >= 15 is 0 Å². The number of rotatable bonds is 3. The van der Waals surface area contributed by atoms with Crippen LogP contribution in [0.2, 0.25) is 0 Å². The Morgan fingerprint density at radius 3 is 2.74 bits per heavy atom. The van der Waals surface area contributed by atoms with Crippen molar-refractivity contribution in [3.63, 3.8) is 0 Å². The molecule has 1 aromatic heterocycles. The Morgan fingerprint density at radius 1 is 1.26 bits per heavy atom. The van der Waals surface area contributed by atoms with Gasteiger partial charge >= 0.3 is 0 Å². The number of aryl methyl sites for hydroxylation is 1. The van der Waals surface area contributed by atoms with Crippen molar-refractivity contribution in [3.05, 3.63) is 23.7 Å². The van der Waals surface area contributed by atoms with Crippen molar-refractivity contribution in [2.24, 2.45) is 5.92 Å². The summed E-state index contributed by atoms with van der Waals surface area (Å²) in [6.45, 7) is 2.74. The number of likely N-dealkylation sites (tertiary alicyclic amines) is 1. The van der Waals surface area contributed by atoms with Gasteiger partial charge in [0.2, 0.25) is 5.91 Å². The molecule has 2 aliphatic heterocycles. The Bertz CT molecular complexity index is 664. The molecule has 3 heterocycles. The maximum Gasteiger partial charge on any atom is 0.227 e. The fourth-order valence-corrected chi connectivity index (χ4v) is 5.39. The highest BCUT2D eigenvalue weighted by atomic mass is 32.2. The third-order valence-corrected chi connectivity index (χ3v) is 6.74. The van der Waals surface area contributed by atoms with Crippen LogP contribution in [-0.4, -0.2) is 37.3 Å². The van der Waals surface area contributed by atoms with Crippen molar-refractivity contribution in [2.75, 3.05) is 18.1 Å². The second-order valence-electron chi connectivity index (χ2n) is 6.65. The number of hydrogen-bond donors (Lipinski definition) is 0. The first-order valence-electron chi connectivity index (χ1n) is 8.59. The van der Waals surface area contributed by atoms with Gasteiger partial charge in [0.1, 0.15) is 11.5 Å². The summed E-state index contributed by atoms with van der Waals surface area (Å²) in [5.74, 6) is 1.54. The lowest BCUT2D eigenvalue weighted by Crippen LogP contribution is -2.39. The number of carbonyl (C=O) groups is 1. The van der Waals surface area contributed by atoms with Crippen LogP contribution in [0.15, 0.2) is 16.5 Å². The van der Waals surface area contributed by atoms with Gasteiger partial charge in [0.25, 0.3) is 0 Å². The molecule has 3 rings (SSSR count). The minimum absolute atomic E-state index is 0.00702. The van der Waals surface area contributed by atoms with Crippen LogP contribution in [0.25, 0.3) is 0 Å². The summed E-state index contributed by atoms with van der Waals surface area (Å²) < 4.78 is 29.3. The molecule has 0 N–H and O–H groups in total. The summed E-state index contributed by atoms with van der Waals surface area (Å²) in [7, 11) is -3.04. The molecule has 23 heavy (non-hydrogen) atoms. The Hall–Kier alpha value is -1.30. The predicted octanol–water partition coefficient (Wildman–Crippen LogP) is 2.72. The van der Waals surface area contributed by atoms with E-state index in [2.05, 4.69) is 0 Å². The van der Waals surface area contributed by atoms with Gasteiger partial charge in [0.15, 0.2) is 9.84 Å². The van der Waals surface area contributed by atoms with Gasteiger partial charge in [-0.25, -0.2) is 8.42 Å². The standard InChI is InChI=1S/C17H25NO4S/c1-2-14-7-8-16(22-14)15-6-4-3-5-10-18(15)17(19)13-9-11-23(20,21)12-13/h7-8,13,15H,2-6,9-12H2,1H3/t13-,15+/m1/s1. The van der Waals surface area contributed by atoms with Crippen LogP contribution in [-0.2, 0) is 21.1 Å². The molecule has 0 radical (unpaired) electrons. The number of furan rings is 1. The Kier molecular flexibility index (Phi) is 4.80. The molecule has 128 valence electrons. The van der Waals surface area contributed by atoms with Gasteiger partial charge in [-0.2, -0.15) is 0 Å². The van der Waals surface area contributed by atoms with Crippen LogP contribution in [0, 0.1) is 5.92 Å². The number of hydrogen-bond acceptors (Lipinski definition) is 4. The topological polar surface area (TPSA) is 67.6 Å². The third-order valence-electron chi connectivity index (χ3n) is 4.98. The van der Waals surface area contributed by atoms with E-state index in [0.717, 1.165) is 43.6 Å². The molecule has 0 spiro atoms. The van der Waals surface area contributed by atoms with Gasteiger partial charge in [-0.05, 0) is 31.4 Å². The SMILES string of the molecule is CCc1ccc([C@@H]2CCCCCN2C(=O)[C@@H]2CCS(=O)(=O)C2)o1. The lowest BCUT2D eigenvalue weighted by Gasteiger charge is -2.30. The van der Waals surface area contributed by atoms with Crippen molar-refractivity contribution in [3.8, 4) is 0 Å². The molecule has 6 heteroatoms. The molecule has 5 nitrogen and oxygen atoms in total. The average molecular weight is 339 g/mol. The Labute approximate surface area is 138 Å². The molecule has 1 amide bonds. The predicted molar refractivity (Wildman–Crippen MR) is 87.8 cm³/mol. The molecule has 0 unspecified atom stereocenters. The zero-order chi connectivity index (χ0) is 16.4. The van der Waals surface area contributed by atoms with E-state index in [0.29, 0.717) is 13.0 Å². The molecule has 1 aromatic rings. The molecule has 0 aromatic carbocycles. The van der Waals surface area contributed by atoms with Gasteiger partial charge in [0.05, 0.1) is 23.5 Å². The van der Waals surface area contributed by atoms with Gasteiger partial charge < -0.3 is 9.32 Å². The molecule has 0 saturated carbocycles. The Morgan fingerprint density at radius 2 is 2.09 bits per heavy atom. The van der Waals surface area contributed by atoms with Crippen LogP contribution < -0.4 is 0 Å². The quantitative estimate of drug-likeness (QED) is 0.849. The van der Waals surface area contributed by atoms with E-state index in [1.807, 2.05) is 24.0 Å². The van der Waals surface area contributed by atoms with Crippen LogP contribution in [0.4, 0.5) is 0 Å².